The van der Waals surface area contributed by atoms with E-state index in [9.17, 15) is 14.9 Å². The molecular formula is C29H22N2O4. The Hall–Kier alpha value is -4.63. The van der Waals surface area contributed by atoms with Crippen molar-refractivity contribution in [3.63, 3.8) is 0 Å². The Morgan fingerprint density at radius 3 is 2.40 bits per heavy atom. The highest BCUT2D eigenvalue weighted by Gasteiger charge is 2.42. The van der Waals surface area contributed by atoms with E-state index in [1.165, 1.54) is 7.11 Å². The highest BCUT2D eigenvalue weighted by atomic mass is 16.5. The van der Waals surface area contributed by atoms with Gasteiger partial charge in [0, 0.05) is 33.9 Å². The lowest BCUT2D eigenvalue weighted by Gasteiger charge is -2.29. The number of nitrogens with zero attached hydrogens (tertiary/aromatic N) is 1. The quantitative estimate of drug-likeness (QED) is 0.544. The normalized spacial score (nSPS) is 16.3. The Balaban J connectivity index is 1.50. The number of ether oxygens (including phenoxy) is 2. The van der Waals surface area contributed by atoms with Gasteiger partial charge in [-0.3, -0.25) is 4.79 Å². The zero-order chi connectivity index (χ0) is 24.5. The van der Waals surface area contributed by atoms with Crippen LogP contribution in [0.3, 0.4) is 0 Å². The summed E-state index contributed by atoms with van der Waals surface area (Å²) in [6.45, 7) is 2.07. The van der Waals surface area contributed by atoms with Crippen LogP contribution < -0.4 is 10.1 Å². The molecule has 0 radical (unpaired) electrons. The predicted octanol–water partition coefficient (Wildman–Crippen LogP) is 4.88. The first-order chi connectivity index (χ1) is 17.0. The Morgan fingerprint density at radius 2 is 1.69 bits per heavy atom. The molecule has 1 atom stereocenters. The van der Waals surface area contributed by atoms with E-state index in [2.05, 4.69) is 11.4 Å². The van der Waals surface area contributed by atoms with E-state index in [-0.39, 0.29) is 12.4 Å². The molecule has 3 aromatic rings. The van der Waals surface area contributed by atoms with Crippen molar-refractivity contribution in [3.05, 3.63) is 117 Å². The first kappa shape index (κ1) is 22.2. The molecule has 2 aliphatic rings. The second-order valence-corrected chi connectivity index (χ2v) is 8.38. The van der Waals surface area contributed by atoms with Gasteiger partial charge in [0.15, 0.2) is 5.78 Å². The molecule has 1 N–H and O–H groups in total. The van der Waals surface area contributed by atoms with Crippen molar-refractivity contribution in [1.82, 2.24) is 5.32 Å². The summed E-state index contributed by atoms with van der Waals surface area (Å²) in [5.41, 5.74) is 5.92. The van der Waals surface area contributed by atoms with Crippen LogP contribution in [0.5, 0.6) is 5.75 Å². The number of allylic oxidation sites excluding steroid dienone is 2. The molecule has 0 amide bonds. The third kappa shape index (κ3) is 3.77. The molecule has 1 aliphatic heterocycles. The van der Waals surface area contributed by atoms with Gasteiger partial charge in [0.05, 0.1) is 30.0 Å². The molecule has 1 heterocycles. The van der Waals surface area contributed by atoms with Crippen LogP contribution in [0.25, 0.3) is 5.70 Å². The Labute approximate surface area is 203 Å². The minimum atomic E-state index is -0.577. The number of rotatable bonds is 5. The standard InChI is InChI=1S/C29H22N2O4/c1-17-24(29(33)34-2)25(26-27(31-17)22-9-5-6-10-23(22)28(26)32)18-11-13-21(14-12-18)35-16-20-8-4-3-7-19(20)15-30/h3-14,25,31H,16H2,1-2H3/t25-/m1/s1. The summed E-state index contributed by atoms with van der Waals surface area (Å²) in [7, 11) is 1.34. The van der Waals surface area contributed by atoms with Crippen LogP contribution >= 0.6 is 0 Å². The van der Waals surface area contributed by atoms with Gasteiger partial charge in [-0.25, -0.2) is 4.79 Å². The molecule has 6 heteroatoms. The summed E-state index contributed by atoms with van der Waals surface area (Å²) in [6.07, 6.45) is 0. The minimum Gasteiger partial charge on any atom is -0.489 e. The zero-order valence-electron chi connectivity index (χ0n) is 19.3. The number of Topliss-reactive ketones (excluding diaryl/α,β-unsaturated/α-hetero) is 1. The van der Waals surface area contributed by atoms with Gasteiger partial charge < -0.3 is 14.8 Å². The maximum Gasteiger partial charge on any atom is 0.336 e. The molecule has 0 bridgehead atoms. The van der Waals surface area contributed by atoms with Crippen LogP contribution in [0.4, 0.5) is 0 Å². The fourth-order valence-corrected chi connectivity index (χ4v) is 4.72. The maximum atomic E-state index is 13.4. The zero-order valence-corrected chi connectivity index (χ0v) is 19.3. The molecule has 1 aliphatic carbocycles. The average Bonchev–Trinajstić information content (AvgIpc) is 3.18. The molecule has 0 spiro atoms. The molecular weight excluding hydrogens is 440 g/mol. The fraction of sp³-hybridized carbons (Fsp3) is 0.138. The highest BCUT2D eigenvalue weighted by molar-refractivity contribution is 6.23. The third-order valence-corrected chi connectivity index (χ3v) is 6.40. The van der Waals surface area contributed by atoms with Crippen molar-refractivity contribution in [1.29, 1.82) is 5.26 Å². The van der Waals surface area contributed by atoms with Crippen LogP contribution in [0.1, 0.15) is 45.5 Å². The number of esters is 1. The van der Waals surface area contributed by atoms with E-state index in [1.807, 2.05) is 67.6 Å². The van der Waals surface area contributed by atoms with Crippen molar-refractivity contribution in [2.24, 2.45) is 0 Å². The van der Waals surface area contributed by atoms with Gasteiger partial charge in [-0.2, -0.15) is 5.26 Å². The van der Waals surface area contributed by atoms with Crippen molar-refractivity contribution in [3.8, 4) is 11.8 Å². The molecule has 35 heavy (non-hydrogen) atoms. The second kappa shape index (κ2) is 8.96. The van der Waals surface area contributed by atoms with E-state index in [1.54, 1.807) is 12.1 Å². The first-order valence-corrected chi connectivity index (χ1v) is 11.2. The number of hydrogen-bond acceptors (Lipinski definition) is 6. The van der Waals surface area contributed by atoms with Crippen molar-refractivity contribution in [2.75, 3.05) is 7.11 Å². The van der Waals surface area contributed by atoms with E-state index < -0.39 is 11.9 Å². The topological polar surface area (TPSA) is 88.4 Å². The van der Waals surface area contributed by atoms with Crippen LogP contribution in [0.2, 0.25) is 0 Å². The average molecular weight is 463 g/mol. The fourth-order valence-electron chi connectivity index (χ4n) is 4.72. The SMILES string of the molecule is COC(=O)C1=C(C)NC2=C(C(=O)c3ccccc32)[C@@H]1c1ccc(OCc2ccccc2C#N)cc1. The van der Waals surface area contributed by atoms with Crippen LogP contribution in [0, 0.1) is 11.3 Å². The number of nitrogens with one attached hydrogen (secondary N) is 1. The number of benzene rings is 3. The summed E-state index contributed by atoms with van der Waals surface area (Å²) in [6, 6.07) is 24.2. The summed E-state index contributed by atoms with van der Waals surface area (Å²) in [5, 5.41) is 12.6. The van der Waals surface area contributed by atoms with Crippen LogP contribution in [-0.4, -0.2) is 18.9 Å². The summed E-state index contributed by atoms with van der Waals surface area (Å²) >= 11 is 0. The maximum absolute atomic E-state index is 13.4. The number of hydrogen-bond donors (Lipinski definition) is 1. The molecule has 0 saturated heterocycles. The number of nitriles is 1. The van der Waals surface area contributed by atoms with Gasteiger partial charge in [-0.15, -0.1) is 0 Å². The molecule has 0 aromatic heterocycles. The smallest absolute Gasteiger partial charge is 0.336 e. The van der Waals surface area contributed by atoms with E-state index in [4.69, 9.17) is 9.47 Å². The lowest BCUT2D eigenvalue weighted by atomic mass is 9.80. The van der Waals surface area contributed by atoms with E-state index in [0.717, 1.165) is 22.4 Å². The van der Waals surface area contributed by atoms with Gasteiger partial charge in [-0.1, -0.05) is 54.6 Å². The summed E-state index contributed by atoms with van der Waals surface area (Å²) in [4.78, 5) is 26.3. The van der Waals surface area contributed by atoms with Crippen molar-refractivity contribution < 1.29 is 19.1 Å². The second-order valence-electron chi connectivity index (χ2n) is 8.38. The highest BCUT2D eigenvalue weighted by Crippen LogP contribution is 2.46. The number of dihydropyridines is 1. The lowest BCUT2D eigenvalue weighted by molar-refractivity contribution is -0.136. The monoisotopic (exact) mass is 462 g/mol. The first-order valence-electron chi connectivity index (χ1n) is 11.2. The number of methoxy groups -OCH3 is 1. The molecule has 172 valence electrons. The predicted molar refractivity (Wildman–Crippen MR) is 130 cm³/mol. The molecule has 5 rings (SSSR count). The van der Waals surface area contributed by atoms with E-state index >= 15 is 0 Å². The van der Waals surface area contributed by atoms with Gasteiger partial charge >= 0.3 is 5.97 Å². The molecule has 6 nitrogen and oxygen atoms in total. The van der Waals surface area contributed by atoms with Gasteiger partial charge in [0.25, 0.3) is 0 Å². The summed E-state index contributed by atoms with van der Waals surface area (Å²) in [5.74, 6) is -0.544. The number of carbonyl (C=O) groups is 2. The van der Waals surface area contributed by atoms with Gasteiger partial charge in [0.2, 0.25) is 0 Å². The number of carbonyl (C=O) groups excluding carboxylic acids is 2. The van der Waals surface area contributed by atoms with Crippen molar-refractivity contribution >= 4 is 17.4 Å². The van der Waals surface area contributed by atoms with Gasteiger partial charge in [0.1, 0.15) is 12.4 Å². The third-order valence-electron chi connectivity index (χ3n) is 6.40. The Bertz CT molecular complexity index is 1460. The number of ketones is 1. The molecule has 3 aromatic carbocycles. The minimum absolute atomic E-state index is 0.101. The summed E-state index contributed by atoms with van der Waals surface area (Å²) < 4.78 is 11.0. The Morgan fingerprint density at radius 1 is 1.00 bits per heavy atom. The largest absolute Gasteiger partial charge is 0.489 e. The van der Waals surface area contributed by atoms with Crippen LogP contribution in [-0.2, 0) is 16.1 Å². The Kier molecular flexibility index (Phi) is 5.68. The van der Waals surface area contributed by atoms with E-state index in [0.29, 0.717) is 33.7 Å². The van der Waals surface area contributed by atoms with Crippen LogP contribution in [0.15, 0.2) is 89.6 Å². The van der Waals surface area contributed by atoms with Crippen molar-refractivity contribution in [2.45, 2.75) is 19.4 Å². The lowest BCUT2D eigenvalue weighted by Crippen LogP contribution is -2.29. The molecule has 0 unspecified atom stereocenters. The number of fused-ring (bicyclic) bond motifs is 2. The molecule has 0 saturated carbocycles. The van der Waals surface area contributed by atoms with Gasteiger partial charge in [-0.05, 0) is 30.7 Å². The molecule has 0 fully saturated rings.